The summed E-state index contributed by atoms with van der Waals surface area (Å²) < 4.78 is 0. The fraction of sp³-hybridized carbons (Fsp3) is 0.119. The van der Waals surface area contributed by atoms with Crippen LogP contribution in [-0.4, -0.2) is 0 Å². The molecule has 3 aliphatic carbocycles. The van der Waals surface area contributed by atoms with E-state index < -0.39 is 5.41 Å². The van der Waals surface area contributed by atoms with Crippen molar-refractivity contribution >= 4 is 27.8 Å². The van der Waals surface area contributed by atoms with Crippen LogP contribution >= 0.6 is 0 Å². The van der Waals surface area contributed by atoms with Gasteiger partial charge in [0.05, 0.1) is 5.41 Å². The summed E-state index contributed by atoms with van der Waals surface area (Å²) in [4.78, 5) is 2.49. The Morgan fingerprint density at radius 3 is 1.37 bits per heavy atom. The van der Waals surface area contributed by atoms with Crippen molar-refractivity contribution < 1.29 is 0 Å². The van der Waals surface area contributed by atoms with Crippen molar-refractivity contribution in [3.8, 4) is 33.4 Å². The Hall–Kier alpha value is -6.96. The van der Waals surface area contributed by atoms with Crippen LogP contribution in [0.2, 0.25) is 0 Å². The molecule has 0 amide bonds. The van der Waals surface area contributed by atoms with E-state index in [-0.39, 0.29) is 10.8 Å². The number of hydrogen-bond acceptors (Lipinski definition) is 1. The highest BCUT2D eigenvalue weighted by Gasteiger charge is 2.53. The fourth-order valence-electron chi connectivity index (χ4n) is 11.4. The molecule has 0 saturated carbocycles. The molecule has 0 radical (unpaired) electrons. The summed E-state index contributed by atoms with van der Waals surface area (Å²) in [6.07, 6.45) is 0. The van der Waals surface area contributed by atoms with Crippen LogP contribution in [0.1, 0.15) is 72.2 Å². The highest BCUT2D eigenvalue weighted by atomic mass is 15.1. The van der Waals surface area contributed by atoms with Crippen LogP contribution in [0.3, 0.4) is 0 Å². The third kappa shape index (κ3) is 4.69. The molecule has 3 aliphatic rings. The Morgan fingerprint density at radius 1 is 0.283 bits per heavy atom. The first-order chi connectivity index (χ1) is 29.3. The van der Waals surface area contributed by atoms with Crippen LogP contribution in [0, 0.1) is 0 Å². The molecule has 12 rings (SSSR count). The summed E-state index contributed by atoms with van der Waals surface area (Å²) in [6, 6.07) is 75.5. The predicted octanol–water partition coefficient (Wildman–Crippen LogP) is 15.3. The smallest absolute Gasteiger partial charge is 0.0720 e. The summed E-state index contributed by atoms with van der Waals surface area (Å²) in [5.74, 6) is 0. The van der Waals surface area contributed by atoms with Crippen LogP contribution in [0.4, 0.5) is 17.1 Å². The molecule has 0 aromatic heterocycles. The molecule has 60 heavy (non-hydrogen) atoms. The van der Waals surface area contributed by atoms with Gasteiger partial charge in [-0.1, -0.05) is 185 Å². The number of rotatable bonds is 4. The van der Waals surface area contributed by atoms with E-state index in [9.17, 15) is 0 Å². The highest BCUT2D eigenvalue weighted by Crippen LogP contribution is 2.63. The van der Waals surface area contributed by atoms with E-state index in [2.05, 4.69) is 233 Å². The van der Waals surface area contributed by atoms with Crippen LogP contribution in [-0.2, 0) is 16.2 Å². The molecule has 1 spiro atoms. The fourth-order valence-corrected chi connectivity index (χ4v) is 11.4. The van der Waals surface area contributed by atoms with Gasteiger partial charge in [-0.15, -0.1) is 0 Å². The van der Waals surface area contributed by atoms with E-state index in [1.807, 2.05) is 0 Å². The Morgan fingerprint density at radius 2 is 0.717 bits per heavy atom. The van der Waals surface area contributed by atoms with Crippen molar-refractivity contribution in [3.63, 3.8) is 0 Å². The average molecular weight is 768 g/mol. The van der Waals surface area contributed by atoms with Gasteiger partial charge < -0.3 is 4.90 Å². The Kier molecular flexibility index (Phi) is 7.31. The van der Waals surface area contributed by atoms with Gasteiger partial charge in [-0.3, -0.25) is 0 Å². The number of benzene rings is 9. The third-order valence-electron chi connectivity index (χ3n) is 14.3. The van der Waals surface area contributed by atoms with E-state index >= 15 is 0 Å². The topological polar surface area (TPSA) is 3.24 Å². The molecular weight excluding hydrogens is 723 g/mol. The zero-order valence-electron chi connectivity index (χ0n) is 34.5. The van der Waals surface area contributed by atoms with Gasteiger partial charge in [0, 0.05) is 27.9 Å². The molecule has 0 N–H and O–H groups in total. The van der Waals surface area contributed by atoms with Gasteiger partial charge in [0.15, 0.2) is 0 Å². The van der Waals surface area contributed by atoms with E-state index in [4.69, 9.17) is 0 Å². The van der Waals surface area contributed by atoms with Crippen LogP contribution in [0.15, 0.2) is 200 Å². The Balaban J connectivity index is 1.09. The molecule has 1 nitrogen and oxygen atoms in total. The number of nitrogens with zero attached hydrogens (tertiary/aromatic N) is 1. The van der Waals surface area contributed by atoms with Crippen molar-refractivity contribution in [3.05, 3.63) is 245 Å². The highest BCUT2D eigenvalue weighted by molar-refractivity contribution is 5.93. The maximum Gasteiger partial charge on any atom is 0.0720 e. The lowest BCUT2D eigenvalue weighted by Crippen LogP contribution is -2.40. The quantitative estimate of drug-likeness (QED) is 0.172. The first kappa shape index (κ1) is 35.0. The van der Waals surface area contributed by atoms with Gasteiger partial charge >= 0.3 is 0 Å². The summed E-state index contributed by atoms with van der Waals surface area (Å²) in [5.41, 5.74) is 21.4. The van der Waals surface area contributed by atoms with Gasteiger partial charge in [-0.05, 0) is 131 Å². The maximum atomic E-state index is 2.52. The number of hydrogen-bond donors (Lipinski definition) is 0. The monoisotopic (exact) mass is 767 g/mol. The van der Waals surface area contributed by atoms with E-state index in [1.165, 1.54) is 88.7 Å². The van der Waals surface area contributed by atoms with Gasteiger partial charge in [0.2, 0.25) is 0 Å². The first-order valence-electron chi connectivity index (χ1n) is 21.3. The van der Waals surface area contributed by atoms with Crippen LogP contribution < -0.4 is 4.90 Å². The molecule has 0 bridgehead atoms. The summed E-state index contributed by atoms with van der Waals surface area (Å²) >= 11 is 0. The van der Waals surface area contributed by atoms with Crippen molar-refractivity contribution in [2.24, 2.45) is 0 Å². The zero-order chi connectivity index (χ0) is 40.4. The first-order valence-corrected chi connectivity index (χ1v) is 21.3. The van der Waals surface area contributed by atoms with Gasteiger partial charge in [0.1, 0.15) is 0 Å². The molecule has 0 fully saturated rings. The van der Waals surface area contributed by atoms with Crippen molar-refractivity contribution in [1.82, 2.24) is 0 Å². The molecule has 0 atom stereocenters. The summed E-state index contributed by atoms with van der Waals surface area (Å²) in [5, 5.41) is 2.51. The SMILES string of the molecule is CC1(C)c2ccccc2-c2ccc(N(c3ccc(-c4ccc5ccccc5c4)cc3)c3ccc4c(c3)C3(c5ccccc5-4)c4ccccc4C(C)(C)c4ccccc43)cc21. The van der Waals surface area contributed by atoms with Gasteiger partial charge in [-0.2, -0.15) is 0 Å². The number of fused-ring (bicyclic) bond motifs is 13. The summed E-state index contributed by atoms with van der Waals surface area (Å²) in [6.45, 7) is 9.54. The maximum absolute atomic E-state index is 2.52. The van der Waals surface area contributed by atoms with Gasteiger partial charge in [0.25, 0.3) is 0 Å². The van der Waals surface area contributed by atoms with Gasteiger partial charge in [-0.25, -0.2) is 0 Å². The lowest BCUT2D eigenvalue weighted by molar-refractivity contribution is 0.563. The van der Waals surface area contributed by atoms with Crippen molar-refractivity contribution in [1.29, 1.82) is 0 Å². The molecule has 9 aromatic rings. The third-order valence-corrected chi connectivity index (χ3v) is 14.3. The average Bonchev–Trinajstić information content (AvgIpc) is 3.71. The normalized spacial score (nSPS) is 15.4. The molecule has 9 aromatic carbocycles. The molecule has 0 saturated heterocycles. The van der Waals surface area contributed by atoms with E-state index in [0.29, 0.717) is 0 Å². The molecule has 0 heterocycles. The van der Waals surface area contributed by atoms with Crippen LogP contribution in [0.5, 0.6) is 0 Å². The van der Waals surface area contributed by atoms with E-state index in [1.54, 1.807) is 0 Å². The van der Waals surface area contributed by atoms with Crippen molar-refractivity contribution in [2.45, 2.75) is 43.9 Å². The number of anilines is 3. The zero-order valence-corrected chi connectivity index (χ0v) is 34.5. The Labute approximate surface area is 353 Å². The standard InChI is InChI=1S/C59H45N/c1-57(2)49-19-9-7-17-45(49)47-33-31-43(36-55(47)57)60(42-29-27-39(28-30-42)41-26-25-38-15-5-6-16-40(38)35-41)44-32-34-48-46-18-8-10-20-50(46)59(56(48)37-44)53-23-13-11-21-51(53)58(3,4)52-22-12-14-24-54(52)59/h5-37H,1-4H3. The minimum atomic E-state index is -0.474. The lowest BCUT2D eigenvalue weighted by atomic mass is 9.55. The minimum absolute atomic E-state index is 0.125. The summed E-state index contributed by atoms with van der Waals surface area (Å²) in [7, 11) is 0. The second kappa shape index (κ2) is 12.5. The second-order valence-electron chi connectivity index (χ2n) is 18.1. The van der Waals surface area contributed by atoms with Crippen LogP contribution in [0.25, 0.3) is 44.2 Å². The Bertz CT molecular complexity index is 3170. The molecule has 0 aliphatic heterocycles. The molecular formula is C59H45N. The molecule has 0 unspecified atom stereocenters. The van der Waals surface area contributed by atoms with E-state index in [0.717, 1.165) is 17.1 Å². The molecule has 1 heteroatoms. The minimum Gasteiger partial charge on any atom is -0.310 e. The molecule has 286 valence electrons. The lowest BCUT2D eigenvalue weighted by Gasteiger charge is -2.46. The van der Waals surface area contributed by atoms with Crippen molar-refractivity contribution in [2.75, 3.05) is 4.90 Å². The second-order valence-corrected chi connectivity index (χ2v) is 18.1. The predicted molar refractivity (Wildman–Crippen MR) is 251 cm³/mol. The largest absolute Gasteiger partial charge is 0.310 e.